The van der Waals surface area contributed by atoms with Crippen LogP contribution in [-0.2, 0) is 9.53 Å². The van der Waals surface area contributed by atoms with Crippen LogP contribution in [0.1, 0.15) is 31.1 Å². The summed E-state index contributed by atoms with van der Waals surface area (Å²) < 4.78 is 15.7. The van der Waals surface area contributed by atoms with Gasteiger partial charge in [-0.05, 0) is 39.0 Å². The lowest BCUT2D eigenvalue weighted by molar-refractivity contribution is -0.125. The quantitative estimate of drug-likeness (QED) is 0.856. The first kappa shape index (κ1) is 15.2. The van der Waals surface area contributed by atoms with Crippen LogP contribution in [0.25, 0.3) is 0 Å². The van der Waals surface area contributed by atoms with Gasteiger partial charge in [-0.3, -0.25) is 4.79 Å². The number of esters is 1. The van der Waals surface area contributed by atoms with Gasteiger partial charge in [-0.1, -0.05) is 0 Å². The number of hydrogen-bond acceptors (Lipinski definition) is 5. The highest BCUT2D eigenvalue weighted by Crippen LogP contribution is 2.30. The Labute approximate surface area is 123 Å². The third kappa shape index (κ3) is 4.37. The molecule has 0 saturated carbocycles. The second-order valence-electron chi connectivity index (χ2n) is 5.73. The number of amides is 1. The number of ether oxygens (including phenoxy) is 3. The Kier molecular flexibility index (Phi) is 4.35. The van der Waals surface area contributed by atoms with Crippen LogP contribution in [-0.4, -0.2) is 37.2 Å². The summed E-state index contributed by atoms with van der Waals surface area (Å²) in [7, 11) is 0. The number of nitrogens with one attached hydrogen (secondary N) is 1. The van der Waals surface area contributed by atoms with E-state index >= 15 is 0 Å². The van der Waals surface area contributed by atoms with E-state index in [1.54, 1.807) is 18.2 Å². The van der Waals surface area contributed by atoms with Crippen molar-refractivity contribution in [2.75, 3.05) is 19.8 Å². The number of rotatable bonds is 3. The molecule has 1 aromatic carbocycles. The smallest absolute Gasteiger partial charge is 0.338 e. The van der Waals surface area contributed by atoms with Crippen molar-refractivity contribution in [1.82, 2.24) is 5.32 Å². The fourth-order valence-electron chi connectivity index (χ4n) is 1.84. The third-order valence-corrected chi connectivity index (χ3v) is 2.63. The van der Waals surface area contributed by atoms with Gasteiger partial charge in [0, 0.05) is 5.54 Å². The summed E-state index contributed by atoms with van der Waals surface area (Å²) in [6, 6.07) is 4.79. The van der Waals surface area contributed by atoms with Crippen LogP contribution in [0.5, 0.6) is 11.5 Å². The molecule has 0 saturated heterocycles. The second kappa shape index (κ2) is 6.03. The first-order valence-corrected chi connectivity index (χ1v) is 6.73. The average molecular weight is 293 g/mol. The van der Waals surface area contributed by atoms with Crippen molar-refractivity contribution in [2.45, 2.75) is 26.3 Å². The Balaban J connectivity index is 1.93. The first-order chi connectivity index (χ1) is 9.85. The summed E-state index contributed by atoms with van der Waals surface area (Å²) in [6.45, 7) is 6.18. The molecule has 0 atom stereocenters. The SMILES string of the molecule is CC(C)(C)NC(=O)COC(=O)c1ccc2c(c1)OCCO2. The molecule has 0 bridgehead atoms. The van der Waals surface area contributed by atoms with Gasteiger partial charge in [0.1, 0.15) is 13.2 Å². The zero-order chi connectivity index (χ0) is 15.5. The van der Waals surface area contributed by atoms with Crippen LogP contribution >= 0.6 is 0 Å². The van der Waals surface area contributed by atoms with Crippen LogP contribution in [0.15, 0.2) is 18.2 Å². The lowest BCUT2D eigenvalue weighted by Crippen LogP contribution is -2.42. The lowest BCUT2D eigenvalue weighted by atomic mass is 10.1. The molecular formula is C15H19NO5. The second-order valence-corrected chi connectivity index (χ2v) is 5.73. The molecule has 114 valence electrons. The first-order valence-electron chi connectivity index (χ1n) is 6.73. The van der Waals surface area contributed by atoms with E-state index in [4.69, 9.17) is 14.2 Å². The van der Waals surface area contributed by atoms with Gasteiger partial charge in [0.2, 0.25) is 0 Å². The van der Waals surface area contributed by atoms with Crippen molar-refractivity contribution in [3.05, 3.63) is 23.8 Å². The Morgan fingerprint density at radius 2 is 1.86 bits per heavy atom. The fourth-order valence-corrected chi connectivity index (χ4v) is 1.84. The van der Waals surface area contributed by atoms with Gasteiger partial charge < -0.3 is 19.5 Å². The third-order valence-electron chi connectivity index (χ3n) is 2.63. The van der Waals surface area contributed by atoms with Gasteiger partial charge in [-0.25, -0.2) is 4.79 Å². The lowest BCUT2D eigenvalue weighted by Gasteiger charge is -2.20. The van der Waals surface area contributed by atoms with E-state index in [0.29, 0.717) is 30.3 Å². The van der Waals surface area contributed by atoms with E-state index < -0.39 is 5.97 Å². The Hall–Kier alpha value is -2.24. The average Bonchev–Trinajstić information content (AvgIpc) is 2.42. The minimum absolute atomic E-state index is 0.315. The molecule has 2 rings (SSSR count). The molecular weight excluding hydrogens is 274 g/mol. The van der Waals surface area contributed by atoms with Crippen LogP contribution in [0.3, 0.4) is 0 Å². The molecule has 0 aromatic heterocycles. The maximum atomic E-state index is 11.9. The summed E-state index contributed by atoms with van der Waals surface area (Å²) in [6.07, 6.45) is 0. The van der Waals surface area contributed by atoms with Crippen molar-refractivity contribution in [3.8, 4) is 11.5 Å². The van der Waals surface area contributed by atoms with Gasteiger partial charge in [-0.2, -0.15) is 0 Å². The van der Waals surface area contributed by atoms with Crippen molar-refractivity contribution in [3.63, 3.8) is 0 Å². The standard InChI is InChI=1S/C15H19NO5/c1-15(2,3)16-13(17)9-21-14(18)10-4-5-11-12(8-10)20-7-6-19-11/h4-5,8H,6-7,9H2,1-3H3,(H,16,17). The molecule has 21 heavy (non-hydrogen) atoms. The van der Waals surface area contributed by atoms with Crippen molar-refractivity contribution in [1.29, 1.82) is 0 Å². The molecule has 1 aromatic rings. The normalized spacial score (nSPS) is 13.5. The Morgan fingerprint density at radius 1 is 1.19 bits per heavy atom. The minimum Gasteiger partial charge on any atom is -0.486 e. The van der Waals surface area contributed by atoms with Crippen molar-refractivity contribution in [2.24, 2.45) is 0 Å². The van der Waals surface area contributed by atoms with Crippen molar-refractivity contribution >= 4 is 11.9 Å². The summed E-state index contributed by atoms with van der Waals surface area (Å²) in [4.78, 5) is 23.5. The van der Waals surface area contributed by atoms with E-state index in [-0.39, 0.29) is 18.1 Å². The molecule has 6 heteroatoms. The van der Waals surface area contributed by atoms with E-state index in [2.05, 4.69) is 5.32 Å². The molecule has 1 amide bonds. The highest BCUT2D eigenvalue weighted by molar-refractivity contribution is 5.92. The number of carbonyl (C=O) groups is 2. The molecule has 1 N–H and O–H groups in total. The van der Waals surface area contributed by atoms with Gasteiger partial charge in [0.25, 0.3) is 5.91 Å². The molecule has 6 nitrogen and oxygen atoms in total. The number of hydrogen-bond donors (Lipinski definition) is 1. The van der Waals surface area contributed by atoms with E-state index in [1.165, 1.54) is 0 Å². The predicted molar refractivity (Wildman–Crippen MR) is 75.6 cm³/mol. The number of benzene rings is 1. The molecule has 0 aliphatic carbocycles. The Bertz CT molecular complexity index is 547. The molecule has 0 unspecified atom stereocenters. The zero-order valence-electron chi connectivity index (χ0n) is 12.4. The van der Waals surface area contributed by atoms with Crippen molar-refractivity contribution < 1.29 is 23.8 Å². The Morgan fingerprint density at radius 3 is 2.52 bits per heavy atom. The number of carbonyl (C=O) groups excluding carboxylic acids is 2. The molecule has 1 aliphatic heterocycles. The highest BCUT2D eigenvalue weighted by atomic mass is 16.6. The van der Waals surface area contributed by atoms with Gasteiger partial charge in [-0.15, -0.1) is 0 Å². The van der Waals surface area contributed by atoms with E-state index in [9.17, 15) is 9.59 Å². The summed E-state index contributed by atoms with van der Waals surface area (Å²) in [5.41, 5.74) is -0.0386. The number of fused-ring (bicyclic) bond motifs is 1. The van der Waals surface area contributed by atoms with E-state index in [0.717, 1.165) is 0 Å². The highest BCUT2D eigenvalue weighted by Gasteiger charge is 2.18. The molecule has 0 radical (unpaired) electrons. The van der Waals surface area contributed by atoms with Crippen LogP contribution < -0.4 is 14.8 Å². The largest absolute Gasteiger partial charge is 0.486 e. The van der Waals surface area contributed by atoms with Crippen LogP contribution in [0, 0.1) is 0 Å². The van der Waals surface area contributed by atoms with Gasteiger partial charge in [0.05, 0.1) is 5.56 Å². The molecule has 1 aliphatic rings. The van der Waals surface area contributed by atoms with Gasteiger partial charge in [0.15, 0.2) is 18.1 Å². The predicted octanol–water partition coefficient (Wildman–Crippen LogP) is 1.53. The molecule has 0 fully saturated rings. The van der Waals surface area contributed by atoms with Crippen LogP contribution in [0.2, 0.25) is 0 Å². The maximum absolute atomic E-state index is 11.9. The molecule has 0 spiro atoms. The summed E-state index contributed by atoms with van der Waals surface area (Å²) in [5, 5.41) is 2.72. The fraction of sp³-hybridized carbons (Fsp3) is 0.467. The zero-order valence-corrected chi connectivity index (χ0v) is 12.4. The monoisotopic (exact) mass is 293 g/mol. The minimum atomic E-state index is -0.573. The van der Waals surface area contributed by atoms with Gasteiger partial charge >= 0.3 is 5.97 Å². The summed E-state index contributed by atoms with van der Waals surface area (Å²) in [5.74, 6) is 0.197. The molecule has 1 heterocycles. The topological polar surface area (TPSA) is 73.9 Å². The van der Waals surface area contributed by atoms with E-state index in [1.807, 2.05) is 20.8 Å². The maximum Gasteiger partial charge on any atom is 0.338 e. The van der Waals surface area contributed by atoms with Crippen LogP contribution in [0.4, 0.5) is 0 Å². The summed E-state index contributed by atoms with van der Waals surface area (Å²) >= 11 is 0.